The summed E-state index contributed by atoms with van der Waals surface area (Å²) in [6.45, 7) is 4.97. The Morgan fingerprint density at radius 2 is 2.28 bits per heavy atom. The Bertz CT molecular complexity index is 905. The monoisotopic (exact) mass is 339 g/mol. The average Bonchev–Trinajstić information content (AvgIpc) is 3.33. The van der Waals surface area contributed by atoms with Crippen molar-refractivity contribution >= 4 is 22.8 Å². The van der Waals surface area contributed by atoms with E-state index in [-0.39, 0.29) is 18.0 Å². The standard InChI is InChI=1S/C18H21N5O2/c1-11(2)23-8-7-12-5-6-13(10-14(12)23)17(24)20-18-19-16(21-22-18)15-4-3-9-25-15/h5-8,10-11,15H,3-4,9H2,1-2H3,(H2,19,20,21,22,24)/t15-/m1/s1. The molecule has 25 heavy (non-hydrogen) atoms. The van der Waals surface area contributed by atoms with Crippen LogP contribution in [-0.4, -0.2) is 32.3 Å². The van der Waals surface area contributed by atoms with Crippen LogP contribution in [0.15, 0.2) is 30.5 Å². The van der Waals surface area contributed by atoms with Crippen LogP contribution in [0.4, 0.5) is 5.95 Å². The number of hydrogen-bond acceptors (Lipinski definition) is 4. The van der Waals surface area contributed by atoms with Crippen LogP contribution < -0.4 is 5.32 Å². The summed E-state index contributed by atoms with van der Waals surface area (Å²) in [6, 6.07) is 8.06. The molecule has 0 aliphatic carbocycles. The van der Waals surface area contributed by atoms with Gasteiger partial charge in [0, 0.05) is 29.9 Å². The molecule has 1 aliphatic heterocycles. The number of hydrogen-bond donors (Lipinski definition) is 2. The molecule has 0 radical (unpaired) electrons. The molecule has 3 aromatic rings. The molecule has 4 rings (SSSR count). The maximum atomic E-state index is 12.5. The van der Waals surface area contributed by atoms with Gasteiger partial charge in [-0.2, -0.15) is 4.98 Å². The lowest BCUT2D eigenvalue weighted by Gasteiger charge is -2.10. The zero-order valence-corrected chi connectivity index (χ0v) is 14.3. The Morgan fingerprint density at radius 1 is 1.40 bits per heavy atom. The van der Waals surface area contributed by atoms with Gasteiger partial charge in [0.15, 0.2) is 5.82 Å². The molecule has 2 N–H and O–H groups in total. The molecule has 1 aromatic carbocycles. The Hall–Kier alpha value is -2.67. The fourth-order valence-electron chi connectivity index (χ4n) is 3.18. The molecular weight excluding hydrogens is 318 g/mol. The highest BCUT2D eigenvalue weighted by Crippen LogP contribution is 2.26. The van der Waals surface area contributed by atoms with Crippen molar-refractivity contribution in [2.24, 2.45) is 0 Å². The maximum absolute atomic E-state index is 12.5. The molecule has 7 nitrogen and oxygen atoms in total. The summed E-state index contributed by atoms with van der Waals surface area (Å²) in [5, 5.41) is 10.8. The zero-order valence-electron chi connectivity index (χ0n) is 14.3. The molecule has 2 aromatic heterocycles. The number of nitrogens with zero attached hydrogens (tertiary/aromatic N) is 3. The van der Waals surface area contributed by atoms with Crippen LogP contribution in [0.5, 0.6) is 0 Å². The summed E-state index contributed by atoms with van der Waals surface area (Å²) in [7, 11) is 0. The van der Waals surface area contributed by atoms with Gasteiger partial charge in [0.05, 0.1) is 0 Å². The molecule has 0 spiro atoms. The number of anilines is 1. The third-order valence-corrected chi connectivity index (χ3v) is 4.50. The third-order valence-electron chi connectivity index (χ3n) is 4.50. The second-order valence-electron chi connectivity index (χ2n) is 6.59. The van der Waals surface area contributed by atoms with Crippen molar-refractivity contribution in [3.8, 4) is 0 Å². The summed E-state index contributed by atoms with van der Waals surface area (Å²) < 4.78 is 7.71. The predicted molar refractivity (Wildman–Crippen MR) is 94.6 cm³/mol. The van der Waals surface area contributed by atoms with Crippen molar-refractivity contribution in [1.29, 1.82) is 0 Å². The summed E-state index contributed by atoms with van der Waals surface area (Å²) in [5.74, 6) is 0.711. The zero-order chi connectivity index (χ0) is 17.4. The van der Waals surface area contributed by atoms with Gasteiger partial charge in [-0.15, -0.1) is 5.10 Å². The van der Waals surface area contributed by atoms with Crippen molar-refractivity contribution in [1.82, 2.24) is 19.7 Å². The van der Waals surface area contributed by atoms with Crippen molar-refractivity contribution < 1.29 is 9.53 Å². The first-order valence-corrected chi connectivity index (χ1v) is 8.57. The number of amides is 1. The Kier molecular flexibility index (Phi) is 4.01. The summed E-state index contributed by atoms with van der Waals surface area (Å²) >= 11 is 0. The van der Waals surface area contributed by atoms with E-state index in [0.717, 1.165) is 30.4 Å². The summed E-state index contributed by atoms with van der Waals surface area (Å²) in [5.41, 5.74) is 1.62. The van der Waals surface area contributed by atoms with Gasteiger partial charge < -0.3 is 9.30 Å². The largest absolute Gasteiger partial charge is 0.370 e. The van der Waals surface area contributed by atoms with Gasteiger partial charge in [0.1, 0.15) is 6.10 Å². The smallest absolute Gasteiger partial charge is 0.258 e. The third kappa shape index (κ3) is 3.02. The number of aromatic amines is 1. The van der Waals surface area contributed by atoms with Gasteiger partial charge in [-0.05, 0) is 50.3 Å². The number of ether oxygens (including phenoxy) is 1. The fourth-order valence-corrected chi connectivity index (χ4v) is 3.18. The number of benzene rings is 1. The quantitative estimate of drug-likeness (QED) is 0.762. The first kappa shape index (κ1) is 15.8. The molecule has 1 saturated heterocycles. The number of aromatic nitrogens is 4. The predicted octanol–water partition coefficient (Wildman–Crippen LogP) is 3.44. The topological polar surface area (TPSA) is 84.8 Å². The Morgan fingerprint density at radius 3 is 3.04 bits per heavy atom. The summed E-state index contributed by atoms with van der Waals surface area (Å²) in [6.07, 6.45) is 3.93. The van der Waals surface area contributed by atoms with E-state index in [2.05, 4.69) is 45.0 Å². The first-order valence-electron chi connectivity index (χ1n) is 8.57. The molecule has 130 valence electrons. The van der Waals surface area contributed by atoms with Crippen LogP contribution in [0.2, 0.25) is 0 Å². The van der Waals surface area contributed by atoms with E-state index in [9.17, 15) is 4.79 Å². The Balaban J connectivity index is 1.54. The molecule has 3 heterocycles. The van der Waals surface area contributed by atoms with Crippen molar-refractivity contribution in [2.45, 2.75) is 38.8 Å². The number of H-pyrrole nitrogens is 1. The van der Waals surface area contributed by atoms with E-state index < -0.39 is 0 Å². The van der Waals surface area contributed by atoms with Crippen LogP contribution in [0.1, 0.15) is 55.0 Å². The minimum Gasteiger partial charge on any atom is -0.370 e. The van der Waals surface area contributed by atoms with E-state index in [1.54, 1.807) is 0 Å². The van der Waals surface area contributed by atoms with Crippen molar-refractivity contribution in [3.63, 3.8) is 0 Å². The Labute approximate surface area is 145 Å². The molecule has 1 aliphatic rings. The number of rotatable bonds is 4. The number of carbonyl (C=O) groups excluding carboxylic acids is 1. The maximum Gasteiger partial charge on any atom is 0.258 e. The van der Waals surface area contributed by atoms with Crippen LogP contribution in [0, 0.1) is 0 Å². The van der Waals surface area contributed by atoms with E-state index in [4.69, 9.17) is 4.74 Å². The number of fused-ring (bicyclic) bond motifs is 1. The van der Waals surface area contributed by atoms with Crippen LogP contribution in [-0.2, 0) is 4.74 Å². The lowest BCUT2D eigenvalue weighted by Crippen LogP contribution is -2.13. The van der Waals surface area contributed by atoms with E-state index in [1.807, 2.05) is 24.4 Å². The molecular formula is C18H21N5O2. The van der Waals surface area contributed by atoms with Crippen LogP contribution in [0.3, 0.4) is 0 Å². The second kappa shape index (κ2) is 6.33. The van der Waals surface area contributed by atoms with E-state index >= 15 is 0 Å². The minimum atomic E-state index is -0.226. The summed E-state index contributed by atoms with van der Waals surface area (Å²) in [4.78, 5) is 16.9. The van der Waals surface area contributed by atoms with Gasteiger partial charge in [-0.25, -0.2) is 0 Å². The molecule has 0 bridgehead atoms. The number of nitrogens with one attached hydrogen (secondary N) is 2. The molecule has 0 unspecified atom stereocenters. The normalized spacial score (nSPS) is 17.5. The van der Waals surface area contributed by atoms with Gasteiger partial charge in [0.25, 0.3) is 5.91 Å². The van der Waals surface area contributed by atoms with E-state index in [1.165, 1.54) is 0 Å². The highest BCUT2D eigenvalue weighted by atomic mass is 16.5. The molecule has 1 fully saturated rings. The van der Waals surface area contributed by atoms with Crippen LogP contribution >= 0.6 is 0 Å². The SMILES string of the molecule is CC(C)n1ccc2ccc(C(=O)Nc3n[nH]c([C@H]4CCCO4)n3)cc21. The lowest BCUT2D eigenvalue weighted by atomic mass is 10.1. The van der Waals surface area contributed by atoms with Gasteiger partial charge in [0.2, 0.25) is 5.95 Å². The second-order valence-corrected chi connectivity index (χ2v) is 6.59. The van der Waals surface area contributed by atoms with Crippen LogP contribution in [0.25, 0.3) is 10.9 Å². The van der Waals surface area contributed by atoms with Crippen molar-refractivity contribution in [2.75, 3.05) is 11.9 Å². The highest BCUT2D eigenvalue weighted by molar-refractivity contribution is 6.05. The lowest BCUT2D eigenvalue weighted by molar-refractivity contribution is 0.102. The van der Waals surface area contributed by atoms with Gasteiger partial charge in [-0.1, -0.05) is 6.07 Å². The first-order chi connectivity index (χ1) is 12.1. The fraction of sp³-hybridized carbons (Fsp3) is 0.389. The molecule has 7 heteroatoms. The van der Waals surface area contributed by atoms with Gasteiger partial charge >= 0.3 is 0 Å². The molecule has 1 amide bonds. The van der Waals surface area contributed by atoms with Crippen molar-refractivity contribution in [3.05, 3.63) is 41.9 Å². The highest BCUT2D eigenvalue weighted by Gasteiger charge is 2.22. The average molecular weight is 339 g/mol. The number of carbonyl (C=O) groups is 1. The molecule has 1 atom stereocenters. The van der Waals surface area contributed by atoms with E-state index in [0.29, 0.717) is 17.4 Å². The van der Waals surface area contributed by atoms with Gasteiger partial charge in [-0.3, -0.25) is 15.2 Å². The minimum absolute atomic E-state index is 0.0520. The molecule has 0 saturated carbocycles.